The van der Waals surface area contributed by atoms with Gasteiger partial charge in [-0.25, -0.2) is 13.2 Å². The first-order valence-corrected chi connectivity index (χ1v) is 9.34. The number of hydrogen-bond donors (Lipinski definition) is 0. The van der Waals surface area contributed by atoms with Crippen molar-refractivity contribution < 1.29 is 17.9 Å². The molecule has 1 saturated carbocycles. The summed E-state index contributed by atoms with van der Waals surface area (Å²) in [5.41, 5.74) is 0.147. The molecule has 130 valence electrons. The maximum absolute atomic E-state index is 12.8. The van der Waals surface area contributed by atoms with E-state index in [0.717, 1.165) is 18.4 Å². The summed E-state index contributed by atoms with van der Waals surface area (Å²) < 4.78 is 31.6. The molecule has 0 heterocycles. The lowest BCUT2D eigenvalue weighted by Crippen LogP contribution is -2.41. The molecule has 0 unspecified atom stereocenters. The Morgan fingerprint density at radius 3 is 2.33 bits per heavy atom. The highest BCUT2D eigenvalue weighted by atomic mass is 32.2. The van der Waals surface area contributed by atoms with Crippen molar-refractivity contribution in [1.82, 2.24) is 4.31 Å². The average Bonchev–Trinajstić information content (AvgIpc) is 3.26. The number of benzene rings is 1. The van der Waals surface area contributed by atoms with E-state index >= 15 is 0 Å². The first kappa shape index (κ1) is 18.3. The molecule has 1 aliphatic rings. The van der Waals surface area contributed by atoms with Crippen molar-refractivity contribution in [3.05, 3.63) is 29.8 Å². The normalized spacial score (nSPS) is 14.5. The van der Waals surface area contributed by atoms with Crippen LogP contribution in [0.3, 0.4) is 0 Å². The fraction of sp³-hybridized carbons (Fsp3) is 0.500. The zero-order valence-electron chi connectivity index (χ0n) is 14.5. The van der Waals surface area contributed by atoms with Crippen LogP contribution < -0.4 is 0 Å². The van der Waals surface area contributed by atoms with Crippen LogP contribution in [0.4, 0.5) is 4.79 Å². The van der Waals surface area contributed by atoms with E-state index in [0.29, 0.717) is 10.2 Å². The number of sulfonamides is 1. The summed E-state index contributed by atoms with van der Waals surface area (Å²) in [5, 5.41) is 0. The summed E-state index contributed by atoms with van der Waals surface area (Å²) >= 11 is 0. The molecule has 1 amide bonds. The first-order valence-electron chi connectivity index (χ1n) is 7.90. The number of hydrogen-bond acceptors (Lipinski definition) is 4. The monoisotopic (exact) mass is 349 g/mol. The topological polar surface area (TPSA) is 63.7 Å². The van der Waals surface area contributed by atoms with Gasteiger partial charge in [0.2, 0.25) is 0 Å². The molecule has 0 aliphatic heterocycles. The third-order valence-corrected chi connectivity index (χ3v) is 5.04. The molecule has 2 rings (SSSR count). The van der Waals surface area contributed by atoms with Crippen LogP contribution in [0, 0.1) is 24.7 Å². The van der Waals surface area contributed by atoms with Crippen molar-refractivity contribution in [2.24, 2.45) is 5.92 Å². The predicted octanol–water partition coefficient (Wildman–Crippen LogP) is 3.33. The Balaban J connectivity index is 2.30. The molecule has 0 bridgehead atoms. The maximum atomic E-state index is 12.8. The van der Waals surface area contributed by atoms with Gasteiger partial charge in [-0.1, -0.05) is 29.5 Å². The highest BCUT2D eigenvalue weighted by molar-refractivity contribution is 7.89. The van der Waals surface area contributed by atoms with Gasteiger partial charge in [-0.05, 0) is 52.7 Å². The molecule has 0 spiro atoms. The van der Waals surface area contributed by atoms with Crippen LogP contribution in [-0.2, 0) is 14.8 Å². The van der Waals surface area contributed by atoms with Gasteiger partial charge < -0.3 is 4.74 Å². The third-order valence-electron chi connectivity index (χ3n) is 3.31. The fourth-order valence-electron chi connectivity index (χ4n) is 1.89. The van der Waals surface area contributed by atoms with Gasteiger partial charge in [-0.15, -0.1) is 0 Å². The summed E-state index contributed by atoms with van der Waals surface area (Å²) in [6.07, 6.45) is 1.15. The van der Waals surface area contributed by atoms with Crippen LogP contribution in [0.1, 0.15) is 39.2 Å². The lowest BCUT2D eigenvalue weighted by atomic mass is 10.2. The second-order valence-corrected chi connectivity index (χ2v) is 8.76. The number of ether oxygens (including phenoxy) is 1. The van der Waals surface area contributed by atoms with Crippen LogP contribution in [0.25, 0.3) is 0 Å². The van der Waals surface area contributed by atoms with Gasteiger partial charge in [0, 0.05) is 5.92 Å². The van der Waals surface area contributed by atoms with Crippen LogP contribution in [0.2, 0.25) is 0 Å². The van der Waals surface area contributed by atoms with Crippen molar-refractivity contribution >= 4 is 16.1 Å². The van der Waals surface area contributed by atoms with E-state index in [4.69, 9.17) is 4.74 Å². The van der Waals surface area contributed by atoms with E-state index in [9.17, 15) is 13.2 Å². The van der Waals surface area contributed by atoms with Crippen LogP contribution in [0.5, 0.6) is 0 Å². The minimum absolute atomic E-state index is 0.0483. The van der Waals surface area contributed by atoms with E-state index in [-0.39, 0.29) is 11.4 Å². The molecule has 0 N–H and O–H groups in total. The van der Waals surface area contributed by atoms with Crippen LogP contribution in [-0.4, -0.2) is 31.0 Å². The Hall–Kier alpha value is -2.00. The first-order chi connectivity index (χ1) is 11.1. The van der Waals surface area contributed by atoms with Gasteiger partial charge in [-0.2, -0.15) is 4.31 Å². The zero-order chi connectivity index (χ0) is 18.0. The Morgan fingerprint density at radius 1 is 1.25 bits per heavy atom. The molecular weight excluding hydrogens is 326 g/mol. The lowest BCUT2D eigenvalue weighted by molar-refractivity contribution is 0.0406. The number of carbonyl (C=O) groups excluding carboxylic acids is 1. The van der Waals surface area contributed by atoms with Crippen molar-refractivity contribution in [2.45, 2.75) is 51.0 Å². The minimum atomic E-state index is -4.01. The van der Waals surface area contributed by atoms with Gasteiger partial charge in [0.15, 0.2) is 0 Å². The summed E-state index contributed by atoms with van der Waals surface area (Å²) in [4.78, 5) is 12.4. The molecule has 0 aromatic heterocycles. The lowest BCUT2D eigenvalue weighted by Gasteiger charge is -2.25. The van der Waals surface area contributed by atoms with Gasteiger partial charge in [0.1, 0.15) is 12.1 Å². The largest absolute Gasteiger partial charge is 0.443 e. The van der Waals surface area contributed by atoms with E-state index in [1.807, 2.05) is 6.92 Å². The van der Waals surface area contributed by atoms with Crippen LogP contribution >= 0.6 is 0 Å². The van der Waals surface area contributed by atoms with Crippen molar-refractivity contribution in [3.63, 3.8) is 0 Å². The smallest absolute Gasteiger partial charge is 0.425 e. The molecule has 0 atom stereocenters. The number of amides is 1. The highest BCUT2D eigenvalue weighted by Gasteiger charge is 2.32. The molecule has 1 aromatic rings. The SMILES string of the molecule is Cc1ccc(S(=O)(=O)N(CC#CC2CC2)C(=O)OC(C)(C)C)cc1. The molecule has 5 nitrogen and oxygen atoms in total. The predicted molar refractivity (Wildman–Crippen MR) is 91.8 cm³/mol. The maximum Gasteiger partial charge on any atom is 0.425 e. The Labute approximate surface area is 144 Å². The van der Waals surface area contributed by atoms with Crippen molar-refractivity contribution in [3.8, 4) is 11.8 Å². The van der Waals surface area contributed by atoms with Crippen LogP contribution in [0.15, 0.2) is 29.2 Å². The second kappa shape index (κ2) is 6.86. The standard InChI is InChI=1S/C18H23NO4S/c1-14-7-11-16(12-8-14)24(21,22)19(13-5-6-15-9-10-15)17(20)23-18(2,3)4/h7-8,11-12,15H,9-10,13H2,1-4H3. The number of rotatable bonds is 3. The van der Waals surface area contributed by atoms with Crippen molar-refractivity contribution in [2.75, 3.05) is 6.54 Å². The summed E-state index contributed by atoms with van der Waals surface area (Å²) in [6.45, 7) is 6.73. The molecule has 1 aliphatic carbocycles. The highest BCUT2D eigenvalue weighted by Crippen LogP contribution is 2.27. The molecule has 0 saturated heterocycles. The quantitative estimate of drug-likeness (QED) is 0.785. The van der Waals surface area contributed by atoms with Gasteiger partial charge in [0.25, 0.3) is 10.0 Å². The molecular formula is C18H23NO4S. The molecule has 24 heavy (non-hydrogen) atoms. The number of aryl methyl sites for hydroxylation is 1. The summed E-state index contributed by atoms with van der Waals surface area (Å²) in [7, 11) is -4.01. The van der Waals surface area contributed by atoms with Crippen molar-refractivity contribution in [1.29, 1.82) is 0 Å². The zero-order valence-corrected chi connectivity index (χ0v) is 15.3. The van der Waals surface area contributed by atoms with E-state index in [1.54, 1.807) is 32.9 Å². The van der Waals surface area contributed by atoms with Gasteiger partial charge >= 0.3 is 6.09 Å². The summed E-state index contributed by atoms with van der Waals surface area (Å²) in [6, 6.07) is 6.35. The van der Waals surface area contributed by atoms with Gasteiger partial charge in [0.05, 0.1) is 4.90 Å². The Morgan fingerprint density at radius 2 is 1.83 bits per heavy atom. The molecule has 0 radical (unpaired) electrons. The fourth-order valence-corrected chi connectivity index (χ4v) is 3.09. The number of carbonyl (C=O) groups is 1. The van der Waals surface area contributed by atoms with Gasteiger partial charge in [-0.3, -0.25) is 0 Å². The summed E-state index contributed by atoms with van der Waals surface area (Å²) in [5.74, 6) is 6.10. The molecule has 1 aromatic carbocycles. The second-order valence-electron chi connectivity index (χ2n) is 6.90. The Bertz CT molecular complexity index is 760. The van der Waals surface area contributed by atoms with E-state index in [2.05, 4.69) is 11.8 Å². The van der Waals surface area contributed by atoms with E-state index < -0.39 is 21.7 Å². The Kier molecular flexibility index (Phi) is 5.24. The average molecular weight is 349 g/mol. The molecule has 1 fully saturated rings. The molecule has 6 heteroatoms. The number of nitrogens with zero attached hydrogens (tertiary/aromatic N) is 1. The van der Waals surface area contributed by atoms with E-state index in [1.165, 1.54) is 12.1 Å². The third kappa shape index (κ3) is 5.00. The minimum Gasteiger partial charge on any atom is -0.443 e.